The average molecular weight is 301 g/mol. The molecule has 0 N–H and O–H groups in total. The van der Waals surface area contributed by atoms with Gasteiger partial charge in [0.05, 0.1) is 18.6 Å². The summed E-state index contributed by atoms with van der Waals surface area (Å²) in [6.07, 6.45) is 5.22. The average Bonchev–Trinajstić information content (AvgIpc) is 3.21. The number of hydrogen-bond donors (Lipinski definition) is 0. The summed E-state index contributed by atoms with van der Waals surface area (Å²) in [5.74, 6) is 0.901. The van der Waals surface area contributed by atoms with Crippen LogP contribution in [-0.4, -0.2) is 45.9 Å². The van der Waals surface area contributed by atoms with Gasteiger partial charge in [0.15, 0.2) is 5.65 Å². The smallest absolute Gasteiger partial charge is 0.230 e. The van der Waals surface area contributed by atoms with E-state index in [1.807, 2.05) is 15.9 Å². The molecular formula is C14H15N5OS. The van der Waals surface area contributed by atoms with E-state index in [1.54, 1.807) is 6.33 Å². The van der Waals surface area contributed by atoms with Crippen molar-refractivity contribution < 1.29 is 4.74 Å². The summed E-state index contributed by atoms with van der Waals surface area (Å²) in [4.78, 5) is 14.3. The number of nitrogens with zero attached hydrogens (tertiary/aromatic N) is 5. The van der Waals surface area contributed by atoms with Crippen LogP contribution in [0, 0.1) is 0 Å². The number of morpholine rings is 1. The number of hydrogen-bond acceptors (Lipinski definition) is 6. The van der Waals surface area contributed by atoms with E-state index in [9.17, 15) is 0 Å². The summed E-state index contributed by atoms with van der Waals surface area (Å²) >= 11 is 1.83. The van der Waals surface area contributed by atoms with Crippen LogP contribution >= 0.6 is 11.3 Å². The molecule has 0 aromatic carbocycles. The van der Waals surface area contributed by atoms with Crippen LogP contribution in [0.15, 0.2) is 6.33 Å². The van der Waals surface area contributed by atoms with Crippen molar-refractivity contribution in [2.24, 2.45) is 0 Å². The Morgan fingerprint density at radius 1 is 1.19 bits per heavy atom. The Labute approximate surface area is 125 Å². The first-order chi connectivity index (χ1) is 10.4. The normalized spacial score (nSPS) is 18.8. The molecule has 0 spiro atoms. The van der Waals surface area contributed by atoms with E-state index in [1.165, 1.54) is 28.7 Å². The van der Waals surface area contributed by atoms with Gasteiger partial charge in [0.2, 0.25) is 5.95 Å². The first-order valence-corrected chi connectivity index (χ1v) is 8.20. The minimum atomic E-state index is 0.747. The van der Waals surface area contributed by atoms with Crippen LogP contribution in [0.1, 0.15) is 16.9 Å². The summed E-state index contributed by atoms with van der Waals surface area (Å²) in [5, 5.41) is 5.64. The van der Waals surface area contributed by atoms with Crippen LogP contribution in [0.3, 0.4) is 0 Å². The van der Waals surface area contributed by atoms with Crippen LogP contribution in [0.25, 0.3) is 15.9 Å². The van der Waals surface area contributed by atoms with Crippen molar-refractivity contribution in [1.82, 2.24) is 19.6 Å². The van der Waals surface area contributed by atoms with Gasteiger partial charge in [-0.15, -0.1) is 11.3 Å². The van der Waals surface area contributed by atoms with Crippen molar-refractivity contribution >= 4 is 33.1 Å². The zero-order chi connectivity index (χ0) is 13.8. The van der Waals surface area contributed by atoms with Crippen molar-refractivity contribution in [1.29, 1.82) is 0 Å². The van der Waals surface area contributed by atoms with Gasteiger partial charge >= 0.3 is 0 Å². The van der Waals surface area contributed by atoms with Crippen LogP contribution in [-0.2, 0) is 17.6 Å². The number of ether oxygens (including phenoxy) is 1. The molecule has 7 heteroatoms. The van der Waals surface area contributed by atoms with Crippen molar-refractivity contribution in [3.05, 3.63) is 16.8 Å². The van der Waals surface area contributed by atoms with Crippen LogP contribution in [0.5, 0.6) is 0 Å². The van der Waals surface area contributed by atoms with Gasteiger partial charge in [0.25, 0.3) is 0 Å². The maximum absolute atomic E-state index is 5.44. The Balaban J connectivity index is 1.80. The minimum absolute atomic E-state index is 0.747. The molecule has 0 amide bonds. The lowest BCUT2D eigenvalue weighted by Crippen LogP contribution is -2.38. The number of fused-ring (bicyclic) bond motifs is 5. The molecule has 1 saturated heterocycles. The van der Waals surface area contributed by atoms with Gasteiger partial charge in [-0.05, 0) is 24.8 Å². The highest BCUT2D eigenvalue weighted by Gasteiger charge is 2.25. The fraction of sp³-hybridized carbons (Fsp3) is 0.500. The molecule has 4 heterocycles. The molecule has 2 aliphatic rings. The molecule has 108 valence electrons. The zero-order valence-corrected chi connectivity index (χ0v) is 12.4. The monoisotopic (exact) mass is 301 g/mol. The molecule has 1 aliphatic heterocycles. The highest BCUT2D eigenvalue weighted by atomic mass is 32.1. The van der Waals surface area contributed by atoms with Gasteiger partial charge in [0.1, 0.15) is 11.2 Å². The van der Waals surface area contributed by atoms with E-state index in [2.05, 4.69) is 15.0 Å². The molecule has 0 radical (unpaired) electrons. The quantitative estimate of drug-likeness (QED) is 0.684. The Hall–Kier alpha value is -1.73. The molecular weight excluding hydrogens is 286 g/mol. The largest absolute Gasteiger partial charge is 0.378 e. The fourth-order valence-corrected chi connectivity index (χ4v) is 4.61. The molecule has 21 heavy (non-hydrogen) atoms. The van der Waals surface area contributed by atoms with Crippen LogP contribution in [0.4, 0.5) is 5.95 Å². The van der Waals surface area contributed by atoms with E-state index >= 15 is 0 Å². The van der Waals surface area contributed by atoms with Gasteiger partial charge in [-0.1, -0.05) is 0 Å². The van der Waals surface area contributed by atoms with Gasteiger partial charge in [-0.25, -0.2) is 9.97 Å². The molecule has 3 aromatic rings. The second-order valence-corrected chi connectivity index (χ2v) is 6.63. The standard InChI is InChI=1S/C14H15N5OS/c1-2-9-10(3-1)21-13-11(9)12-15-8-16-19(12)14(17-13)18-4-6-20-7-5-18/h8H,1-7H2. The lowest BCUT2D eigenvalue weighted by Gasteiger charge is -2.27. The maximum Gasteiger partial charge on any atom is 0.230 e. The maximum atomic E-state index is 5.44. The van der Waals surface area contributed by atoms with Gasteiger partial charge in [-0.2, -0.15) is 9.61 Å². The number of rotatable bonds is 1. The molecule has 0 atom stereocenters. The van der Waals surface area contributed by atoms with Crippen LogP contribution in [0.2, 0.25) is 0 Å². The summed E-state index contributed by atoms with van der Waals surface area (Å²) in [6.45, 7) is 3.21. The lowest BCUT2D eigenvalue weighted by molar-refractivity contribution is 0.122. The second kappa shape index (κ2) is 4.38. The van der Waals surface area contributed by atoms with Crippen molar-refractivity contribution in [2.75, 3.05) is 31.2 Å². The lowest BCUT2D eigenvalue weighted by atomic mass is 10.2. The molecule has 6 nitrogen and oxygen atoms in total. The van der Waals surface area contributed by atoms with E-state index in [-0.39, 0.29) is 0 Å². The van der Waals surface area contributed by atoms with Crippen molar-refractivity contribution in [3.8, 4) is 0 Å². The third kappa shape index (κ3) is 1.64. The van der Waals surface area contributed by atoms with Crippen molar-refractivity contribution in [3.63, 3.8) is 0 Å². The first-order valence-electron chi connectivity index (χ1n) is 7.38. The molecule has 3 aromatic heterocycles. The van der Waals surface area contributed by atoms with Crippen LogP contribution < -0.4 is 4.90 Å². The SMILES string of the molecule is c1nc2c3c4c(sc3nc(N3CCOCC3)n2n1)CCC4. The van der Waals surface area contributed by atoms with Gasteiger partial charge in [0, 0.05) is 18.0 Å². The van der Waals surface area contributed by atoms with E-state index in [4.69, 9.17) is 9.72 Å². The zero-order valence-electron chi connectivity index (χ0n) is 11.6. The molecule has 1 aliphatic carbocycles. The van der Waals surface area contributed by atoms with E-state index < -0.39 is 0 Å². The third-order valence-electron chi connectivity index (χ3n) is 4.36. The summed E-state index contributed by atoms with van der Waals surface area (Å²) in [6, 6.07) is 0. The van der Waals surface area contributed by atoms with Gasteiger partial charge in [-0.3, -0.25) is 0 Å². The number of anilines is 1. The van der Waals surface area contributed by atoms with E-state index in [0.717, 1.165) is 49.2 Å². The molecule has 0 saturated carbocycles. The summed E-state index contributed by atoms with van der Waals surface area (Å²) < 4.78 is 7.34. The molecule has 5 rings (SSSR count). The second-order valence-electron chi connectivity index (χ2n) is 5.54. The molecule has 1 fully saturated rings. The predicted octanol–water partition coefficient (Wildman–Crippen LogP) is 1.66. The van der Waals surface area contributed by atoms with Crippen molar-refractivity contribution in [2.45, 2.75) is 19.3 Å². The highest BCUT2D eigenvalue weighted by molar-refractivity contribution is 7.19. The van der Waals surface area contributed by atoms with Gasteiger partial charge < -0.3 is 9.64 Å². The topological polar surface area (TPSA) is 55.5 Å². The highest BCUT2D eigenvalue weighted by Crippen LogP contribution is 2.39. The Morgan fingerprint density at radius 3 is 3.00 bits per heavy atom. The Morgan fingerprint density at radius 2 is 2.10 bits per heavy atom. The Kier molecular flexibility index (Phi) is 2.48. The summed E-state index contributed by atoms with van der Waals surface area (Å²) in [5.41, 5.74) is 2.41. The molecule has 0 bridgehead atoms. The van der Waals surface area contributed by atoms with E-state index in [0.29, 0.717) is 0 Å². The number of thiophene rings is 1. The first kappa shape index (κ1) is 11.9. The number of aromatic nitrogens is 4. The fourth-order valence-electron chi connectivity index (χ4n) is 3.36. The number of aryl methyl sites for hydroxylation is 2. The predicted molar refractivity (Wildman–Crippen MR) is 81.2 cm³/mol. The third-order valence-corrected chi connectivity index (χ3v) is 5.54. The Bertz CT molecular complexity index is 833. The minimum Gasteiger partial charge on any atom is -0.378 e. The summed E-state index contributed by atoms with van der Waals surface area (Å²) in [7, 11) is 0. The molecule has 0 unspecified atom stereocenters.